The second-order valence-electron chi connectivity index (χ2n) is 5.05. The van der Waals surface area contributed by atoms with Crippen LogP contribution in [0.25, 0.3) is 0 Å². The molecule has 0 radical (unpaired) electrons. The molecule has 2 N–H and O–H groups in total. The van der Waals surface area contributed by atoms with E-state index >= 15 is 0 Å². The number of nitro groups is 1. The molecule has 0 unspecified atom stereocenters. The highest BCUT2D eigenvalue weighted by Crippen LogP contribution is 2.13. The first-order chi connectivity index (χ1) is 12.5. The SMILES string of the molecule is Cc1c(C(=O)N/N=C/c2ccc([N+](=O)[O-])o2)nnn1Nc1ccccc1. The van der Waals surface area contributed by atoms with Gasteiger partial charge >= 0.3 is 5.88 Å². The van der Waals surface area contributed by atoms with Crippen molar-refractivity contribution in [3.63, 3.8) is 0 Å². The van der Waals surface area contributed by atoms with Crippen molar-refractivity contribution in [3.8, 4) is 0 Å². The van der Waals surface area contributed by atoms with E-state index in [1.165, 1.54) is 16.9 Å². The lowest BCUT2D eigenvalue weighted by molar-refractivity contribution is -0.402. The van der Waals surface area contributed by atoms with Gasteiger partial charge in [-0.25, -0.2) is 5.43 Å². The van der Waals surface area contributed by atoms with Crippen LogP contribution in [0.2, 0.25) is 0 Å². The number of nitrogens with one attached hydrogen (secondary N) is 2. The Morgan fingerprint density at radius 2 is 2.08 bits per heavy atom. The molecule has 1 amide bonds. The summed E-state index contributed by atoms with van der Waals surface area (Å²) in [6.07, 6.45) is 1.15. The van der Waals surface area contributed by atoms with Crippen LogP contribution in [0.4, 0.5) is 11.6 Å². The summed E-state index contributed by atoms with van der Waals surface area (Å²) in [4.78, 5) is 23.3. The molecule has 11 nitrogen and oxygen atoms in total. The Hall–Kier alpha value is -4.02. The van der Waals surface area contributed by atoms with E-state index in [9.17, 15) is 14.9 Å². The van der Waals surface area contributed by atoms with Crippen molar-refractivity contribution < 1.29 is 14.1 Å². The van der Waals surface area contributed by atoms with E-state index in [-0.39, 0.29) is 11.5 Å². The minimum Gasteiger partial charge on any atom is -0.400 e. The molecular formula is C15H13N7O4. The zero-order valence-corrected chi connectivity index (χ0v) is 13.5. The van der Waals surface area contributed by atoms with Gasteiger partial charge in [0.05, 0.1) is 23.7 Å². The third kappa shape index (κ3) is 3.72. The Balaban J connectivity index is 1.64. The molecule has 3 rings (SSSR count). The van der Waals surface area contributed by atoms with Crippen molar-refractivity contribution in [1.82, 2.24) is 20.5 Å². The first kappa shape index (κ1) is 16.8. The number of rotatable bonds is 6. The molecular weight excluding hydrogens is 342 g/mol. The van der Waals surface area contributed by atoms with Gasteiger partial charge in [0.2, 0.25) is 0 Å². The van der Waals surface area contributed by atoms with Crippen LogP contribution in [0.15, 0.2) is 52.0 Å². The van der Waals surface area contributed by atoms with E-state index in [0.29, 0.717) is 5.69 Å². The largest absolute Gasteiger partial charge is 0.433 e. The number of nitrogens with zero attached hydrogens (tertiary/aromatic N) is 5. The van der Waals surface area contributed by atoms with Gasteiger partial charge in [-0.15, -0.1) is 5.10 Å². The van der Waals surface area contributed by atoms with E-state index in [4.69, 9.17) is 4.42 Å². The fourth-order valence-corrected chi connectivity index (χ4v) is 2.00. The highest BCUT2D eigenvalue weighted by molar-refractivity contribution is 5.93. The molecule has 0 saturated carbocycles. The van der Waals surface area contributed by atoms with Crippen molar-refractivity contribution in [1.29, 1.82) is 0 Å². The van der Waals surface area contributed by atoms with Gasteiger partial charge in [-0.2, -0.15) is 9.89 Å². The van der Waals surface area contributed by atoms with Gasteiger partial charge in [0.25, 0.3) is 5.91 Å². The molecule has 0 bridgehead atoms. The Bertz CT molecular complexity index is 962. The highest BCUT2D eigenvalue weighted by Gasteiger charge is 2.16. The lowest BCUT2D eigenvalue weighted by Crippen LogP contribution is -2.20. The number of carbonyl (C=O) groups is 1. The monoisotopic (exact) mass is 355 g/mol. The summed E-state index contributed by atoms with van der Waals surface area (Å²) in [5.41, 5.74) is 6.59. The van der Waals surface area contributed by atoms with Crippen molar-refractivity contribution in [2.45, 2.75) is 6.92 Å². The second-order valence-corrected chi connectivity index (χ2v) is 5.05. The fraction of sp³-hybridized carbons (Fsp3) is 0.0667. The number of aromatic nitrogens is 3. The number of hydrogen-bond donors (Lipinski definition) is 2. The zero-order chi connectivity index (χ0) is 18.5. The Kier molecular flexibility index (Phi) is 4.69. The van der Waals surface area contributed by atoms with E-state index in [1.54, 1.807) is 6.92 Å². The van der Waals surface area contributed by atoms with Crippen LogP contribution in [0.3, 0.4) is 0 Å². The van der Waals surface area contributed by atoms with Gasteiger partial charge in [-0.1, -0.05) is 18.2 Å². The maximum atomic E-state index is 12.1. The number of anilines is 1. The summed E-state index contributed by atoms with van der Waals surface area (Å²) in [6, 6.07) is 11.8. The van der Waals surface area contributed by atoms with Crippen LogP contribution in [-0.2, 0) is 0 Å². The standard InChI is InChI=1S/C15H13N7O4/c1-10-14(17-20-21(10)19-11-5-3-2-4-6-11)15(23)18-16-9-12-7-8-13(26-12)22(24)25/h2-9,19H,1H3,(H,18,23)/b16-9+. The average Bonchev–Trinajstić information content (AvgIpc) is 3.24. The average molecular weight is 355 g/mol. The van der Waals surface area contributed by atoms with Crippen LogP contribution in [0.1, 0.15) is 21.9 Å². The first-order valence-corrected chi connectivity index (χ1v) is 7.36. The van der Waals surface area contributed by atoms with Gasteiger partial charge < -0.3 is 4.42 Å². The van der Waals surface area contributed by atoms with E-state index in [0.717, 1.165) is 11.9 Å². The molecule has 0 atom stereocenters. The number of amides is 1. The summed E-state index contributed by atoms with van der Waals surface area (Å²) >= 11 is 0. The van der Waals surface area contributed by atoms with Crippen molar-refractivity contribution in [2.75, 3.05) is 5.43 Å². The highest BCUT2D eigenvalue weighted by atomic mass is 16.6. The Labute approximate surface area is 146 Å². The molecule has 11 heteroatoms. The molecule has 132 valence electrons. The van der Waals surface area contributed by atoms with Crippen LogP contribution in [0, 0.1) is 17.0 Å². The predicted octanol–water partition coefficient (Wildman–Crippen LogP) is 1.73. The van der Waals surface area contributed by atoms with E-state index in [1.807, 2.05) is 30.3 Å². The fourth-order valence-electron chi connectivity index (χ4n) is 2.00. The molecule has 0 aliphatic rings. The molecule has 0 aliphatic carbocycles. The summed E-state index contributed by atoms with van der Waals surface area (Å²) in [7, 11) is 0. The van der Waals surface area contributed by atoms with Crippen molar-refractivity contribution >= 4 is 23.7 Å². The second kappa shape index (κ2) is 7.25. The maximum absolute atomic E-state index is 12.1. The van der Waals surface area contributed by atoms with E-state index in [2.05, 4.69) is 26.3 Å². The molecule has 0 spiro atoms. The van der Waals surface area contributed by atoms with Crippen LogP contribution in [0.5, 0.6) is 0 Å². The molecule has 3 aromatic rings. The molecule has 0 fully saturated rings. The quantitative estimate of drug-likeness (QED) is 0.389. The lowest BCUT2D eigenvalue weighted by atomic mass is 10.3. The van der Waals surface area contributed by atoms with Gasteiger partial charge in [0, 0.05) is 0 Å². The van der Waals surface area contributed by atoms with Crippen LogP contribution >= 0.6 is 0 Å². The van der Waals surface area contributed by atoms with Crippen LogP contribution in [-0.4, -0.2) is 32.1 Å². The molecule has 0 aliphatic heterocycles. The molecule has 0 saturated heterocycles. The normalized spacial score (nSPS) is 10.8. The molecule has 1 aromatic carbocycles. The summed E-state index contributed by atoms with van der Waals surface area (Å²) < 4.78 is 4.89. The van der Waals surface area contributed by atoms with Crippen molar-refractivity contribution in [2.24, 2.45) is 5.10 Å². The Morgan fingerprint density at radius 3 is 2.77 bits per heavy atom. The molecule has 2 aromatic heterocycles. The van der Waals surface area contributed by atoms with Crippen molar-refractivity contribution in [3.05, 3.63) is 69.7 Å². The number of furan rings is 1. The summed E-state index contributed by atoms with van der Waals surface area (Å²) in [6.45, 7) is 1.67. The maximum Gasteiger partial charge on any atom is 0.433 e. The third-order valence-corrected chi connectivity index (χ3v) is 3.27. The van der Waals surface area contributed by atoms with E-state index < -0.39 is 16.7 Å². The number of carbonyl (C=O) groups excluding carboxylic acids is 1. The number of hydrogen-bond acceptors (Lipinski definition) is 8. The van der Waals surface area contributed by atoms with Gasteiger partial charge in [0.1, 0.15) is 4.92 Å². The first-order valence-electron chi connectivity index (χ1n) is 7.36. The summed E-state index contributed by atoms with van der Waals surface area (Å²) in [5, 5.41) is 21.9. The predicted molar refractivity (Wildman–Crippen MR) is 90.6 cm³/mol. The number of benzene rings is 1. The topological polar surface area (TPSA) is 140 Å². The smallest absolute Gasteiger partial charge is 0.400 e. The number of hydrazone groups is 1. The third-order valence-electron chi connectivity index (χ3n) is 3.27. The molecule has 26 heavy (non-hydrogen) atoms. The van der Waals surface area contributed by atoms with Gasteiger partial charge in [-0.3, -0.25) is 20.3 Å². The number of para-hydroxylation sites is 1. The minimum absolute atomic E-state index is 0.0796. The zero-order valence-electron chi connectivity index (χ0n) is 13.5. The van der Waals surface area contributed by atoms with Gasteiger partial charge in [-0.05, 0) is 30.3 Å². The Morgan fingerprint density at radius 1 is 1.31 bits per heavy atom. The molecule has 2 heterocycles. The van der Waals surface area contributed by atoms with Gasteiger partial charge in [0.15, 0.2) is 11.5 Å². The lowest BCUT2D eigenvalue weighted by Gasteiger charge is -2.06. The summed E-state index contributed by atoms with van der Waals surface area (Å²) in [5.74, 6) is -0.868. The van der Waals surface area contributed by atoms with Crippen LogP contribution < -0.4 is 10.9 Å². The minimum atomic E-state index is -0.669.